The quantitative estimate of drug-likeness (QED) is 0.857. The summed E-state index contributed by atoms with van der Waals surface area (Å²) in [6, 6.07) is 2.31. The van der Waals surface area contributed by atoms with Gasteiger partial charge >= 0.3 is 0 Å². The Kier molecular flexibility index (Phi) is 3.82. The van der Waals surface area contributed by atoms with Gasteiger partial charge in [-0.25, -0.2) is 0 Å². The number of rotatable bonds is 2. The minimum absolute atomic E-state index is 0.453. The van der Waals surface area contributed by atoms with Gasteiger partial charge in [0.2, 0.25) is 0 Å². The molecule has 0 saturated heterocycles. The minimum atomic E-state index is 0.453. The molecule has 1 fully saturated rings. The van der Waals surface area contributed by atoms with Crippen molar-refractivity contribution < 1.29 is 0 Å². The summed E-state index contributed by atoms with van der Waals surface area (Å²) in [5, 5.41) is 8.20. The molecule has 2 heterocycles. The number of halogens is 1. The van der Waals surface area contributed by atoms with Crippen LogP contribution in [0.2, 0.25) is 5.15 Å². The van der Waals surface area contributed by atoms with Crippen LogP contribution in [0.1, 0.15) is 44.9 Å². The molecule has 19 heavy (non-hydrogen) atoms. The number of hydrogen-bond acceptors (Lipinski definition) is 4. The number of anilines is 1. The average molecular weight is 280 g/mol. The van der Waals surface area contributed by atoms with Crippen LogP contribution in [0.25, 0.3) is 5.78 Å². The Morgan fingerprint density at radius 3 is 2.68 bits per heavy atom. The molecule has 0 aliphatic heterocycles. The monoisotopic (exact) mass is 279 g/mol. The van der Waals surface area contributed by atoms with Gasteiger partial charge in [0, 0.05) is 12.1 Å². The van der Waals surface area contributed by atoms with E-state index in [1.54, 1.807) is 4.52 Å². The first kappa shape index (κ1) is 12.7. The Bertz CT molecular complexity index is 545. The summed E-state index contributed by atoms with van der Waals surface area (Å²) in [5.74, 6) is 1.43. The molecule has 3 rings (SSSR count). The van der Waals surface area contributed by atoms with Crippen LogP contribution in [0.15, 0.2) is 12.4 Å². The number of fused-ring (bicyclic) bond motifs is 1. The van der Waals surface area contributed by atoms with Crippen molar-refractivity contribution in [3.63, 3.8) is 0 Å². The molecule has 1 aliphatic carbocycles. The molecule has 0 atom stereocenters. The van der Waals surface area contributed by atoms with Crippen LogP contribution in [-0.4, -0.2) is 25.6 Å². The molecule has 0 spiro atoms. The zero-order valence-corrected chi connectivity index (χ0v) is 11.6. The number of hydrogen-bond donors (Lipinski definition) is 1. The molecule has 1 saturated carbocycles. The maximum absolute atomic E-state index is 6.02. The molecule has 5 nitrogen and oxygen atoms in total. The first-order valence-electron chi connectivity index (χ1n) is 6.96. The highest BCUT2D eigenvalue weighted by Gasteiger charge is 2.14. The summed E-state index contributed by atoms with van der Waals surface area (Å²) in [4.78, 5) is 8.22. The van der Waals surface area contributed by atoms with E-state index in [-0.39, 0.29) is 0 Å². The van der Waals surface area contributed by atoms with Gasteiger partial charge in [-0.2, -0.15) is 19.6 Å². The van der Waals surface area contributed by atoms with Crippen LogP contribution in [-0.2, 0) is 0 Å². The van der Waals surface area contributed by atoms with E-state index in [1.165, 1.54) is 51.3 Å². The van der Waals surface area contributed by atoms with E-state index in [9.17, 15) is 0 Å². The Morgan fingerprint density at radius 1 is 1.16 bits per heavy atom. The third kappa shape index (κ3) is 2.97. The summed E-state index contributed by atoms with van der Waals surface area (Å²) in [7, 11) is 0. The summed E-state index contributed by atoms with van der Waals surface area (Å²) in [5.41, 5.74) is 0. The SMILES string of the molecule is Clc1cc(NC2CCCCCCC2)n2ncnc2n1. The number of nitrogens with zero attached hydrogens (tertiary/aromatic N) is 4. The molecule has 0 radical (unpaired) electrons. The molecular formula is C13H18ClN5. The molecule has 0 amide bonds. The van der Waals surface area contributed by atoms with Gasteiger partial charge in [0.05, 0.1) is 0 Å². The van der Waals surface area contributed by atoms with E-state index in [1.807, 2.05) is 6.07 Å². The predicted molar refractivity (Wildman–Crippen MR) is 75.5 cm³/mol. The summed E-state index contributed by atoms with van der Waals surface area (Å²) >= 11 is 6.02. The second-order valence-electron chi connectivity index (χ2n) is 5.12. The predicted octanol–water partition coefficient (Wildman–Crippen LogP) is 3.30. The Labute approximate surface area is 117 Å². The normalized spacial score (nSPS) is 18.2. The van der Waals surface area contributed by atoms with Crippen molar-refractivity contribution in [2.75, 3.05) is 5.32 Å². The van der Waals surface area contributed by atoms with Crippen molar-refractivity contribution in [3.8, 4) is 0 Å². The number of nitrogens with one attached hydrogen (secondary N) is 1. The fourth-order valence-corrected chi connectivity index (χ4v) is 2.87. The van der Waals surface area contributed by atoms with Crippen molar-refractivity contribution >= 4 is 23.2 Å². The third-order valence-electron chi connectivity index (χ3n) is 3.68. The topological polar surface area (TPSA) is 55.1 Å². The van der Waals surface area contributed by atoms with Gasteiger partial charge in [0.25, 0.3) is 5.78 Å². The van der Waals surface area contributed by atoms with E-state index in [0.717, 1.165) is 5.82 Å². The molecule has 1 aliphatic rings. The van der Waals surface area contributed by atoms with E-state index >= 15 is 0 Å². The van der Waals surface area contributed by atoms with E-state index in [2.05, 4.69) is 20.4 Å². The molecule has 1 N–H and O–H groups in total. The smallest absolute Gasteiger partial charge is 0.255 e. The zero-order valence-electron chi connectivity index (χ0n) is 10.8. The Morgan fingerprint density at radius 2 is 1.89 bits per heavy atom. The molecule has 0 aromatic carbocycles. The van der Waals surface area contributed by atoms with Gasteiger partial charge in [-0.15, -0.1) is 0 Å². The highest BCUT2D eigenvalue weighted by molar-refractivity contribution is 6.29. The molecule has 2 aromatic rings. The van der Waals surface area contributed by atoms with Gasteiger partial charge in [-0.3, -0.25) is 0 Å². The molecule has 0 bridgehead atoms. The molecule has 2 aromatic heterocycles. The second-order valence-corrected chi connectivity index (χ2v) is 5.51. The Balaban J connectivity index is 1.81. The van der Waals surface area contributed by atoms with Gasteiger partial charge in [-0.05, 0) is 12.8 Å². The first-order valence-corrected chi connectivity index (χ1v) is 7.33. The molecular weight excluding hydrogens is 262 g/mol. The lowest BCUT2D eigenvalue weighted by Gasteiger charge is -2.22. The van der Waals surface area contributed by atoms with Gasteiger partial charge in [0.1, 0.15) is 17.3 Å². The highest BCUT2D eigenvalue weighted by atomic mass is 35.5. The van der Waals surface area contributed by atoms with E-state index in [0.29, 0.717) is 17.0 Å². The fraction of sp³-hybridized carbons (Fsp3) is 0.615. The first-order chi connectivity index (χ1) is 9.33. The standard InChI is InChI=1S/C13H18ClN5/c14-11-8-12(19-13(18-11)15-9-16-19)17-10-6-4-2-1-3-5-7-10/h8-10,17H,1-7H2. The minimum Gasteiger partial charge on any atom is -0.367 e. The van der Waals surface area contributed by atoms with Crippen molar-refractivity contribution in [2.24, 2.45) is 0 Å². The number of aromatic nitrogens is 4. The summed E-state index contributed by atoms with van der Waals surface area (Å²) < 4.78 is 1.71. The van der Waals surface area contributed by atoms with Crippen molar-refractivity contribution in [3.05, 3.63) is 17.5 Å². The maximum atomic E-state index is 6.02. The van der Waals surface area contributed by atoms with Crippen molar-refractivity contribution in [1.29, 1.82) is 0 Å². The highest BCUT2D eigenvalue weighted by Crippen LogP contribution is 2.22. The van der Waals surface area contributed by atoms with Gasteiger partial charge in [0.15, 0.2) is 0 Å². The largest absolute Gasteiger partial charge is 0.367 e. The lowest BCUT2D eigenvalue weighted by Crippen LogP contribution is -2.22. The Hall–Kier alpha value is -1.36. The third-order valence-corrected chi connectivity index (χ3v) is 3.87. The maximum Gasteiger partial charge on any atom is 0.255 e. The summed E-state index contributed by atoms with van der Waals surface area (Å²) in [6.07, 6.45) is 10.5. The van der Waals surface area contributed by atoms with Gasteiger partial charge < -0.3 is 5.32 Å². The molecule has 0 unspecified atom stereocenters. The van der Waals surface area contributed by atoms with E-state index < -0.39 is 0 Å². The van der Waals surface area contributed by atoms with Crippen LogP contribution in [0.5, 0.6) is 0 Å². The molecule has 6 heteroatoms. The van der Waals surface area contributed by atoms with Crippen LogP contribution < -0.4 is 5.32 Å². The van der Waals surface area contributed by atoms with Gasteiger partial charge in [-0.1, -0.05) is 43.7 Å². The van der Waals surface area contributed by atoms with E-state index in [4.69, 9.17) is 11.6 Å². The van der Waals surface area contributed by atoms with Crippen LogP contribution in [0, 0.1) is 0 Å². The molecule has 102 valence electrons. The lowest BCUT2D eigenvalue weighted by molar-refractivity contribution is 0.470. The average Bonchev–Trinajstić information content (AvgIpc) is 2.80. The summed E-state index contributed by atoms with van der Waals surface area (Å²) in [6.45, 7) is 0. The van der Waals surface area contributed by atoms with Crippen molar-refractivity contribution in [2.45, 2.75) is 51.0 Å². The van der Waals surface area contributed by atoms with Crippen LogP contribution >= 0.6 is 11.6 Å². The van der Waals surface area contributed by atoms with Crippen molar-refractivity contribution in [1.82, 2.24) is 19.6 Å². The van der Waals surface area contributed by atoms with Crippen LogP contribution in [0.4, 0.5) is 5.82 Å². The zero-order chi connectivity index (χ0) is 13.1. The second kappa shape index (κ2) is 5.74. The van der Waals surface area contributed by atoms with Crippen LogP contribution in [0.3, 0.4) is 0 Å². The fourth-order valence-electron chi connectivity index (χ4n) is 2.70. The lowest BCUT2D eigenvalue weighted by atomic mass is 9.97.